The third kappa shape index (κ3) is 4.62. The maximum atomic E-state index is 10.0. The van der Waals surface area contributed by atoms with Gasteiger partial charge in [0.15, 0.2) is 0 Å². The summed E-state index contributed by atoms with van der Waals surface area (Å²) in [5.74, 6) is 6.92. The number of hydrogen-bond acceptors (Lipinski definition) is 5. The van der Waals surface area contributed by atoms with Crippen LogP contribution in [0.5, 0.6) is 0 Å². The molecule has 1 saturated carbocycles. The number of aliphatic hydroxyl groups is 4. The molecule has 2 atom stereocenters. The summed E-state index contributed by atoms with van der Waals surface area (Å²) in [6.45, 7) is 1.28. The molecule has 0 saturated heterocycles. The Morgan fingerprint density at radius 3 is 2.25 bits per heavy atom. The van der Waals surface area contributed by atoms with Crippen LogP contribution in [-0.2, 0) is 0 Å². The Kier molecular flexibility index (Phi) is 6.45. The van der Waals surface area contributed by atoms with Gasteiger partial charge in [0.05, 0.1) is 18.8 Å². The van der Waals surface area contributed by atoms with Gasteiger partial charge in [0.1, 0.15) is 18.0 Å². The Bertz CT molecular complexity index is 1100. The monoisotopic (exact) mass is 432 g/mol. The molecule has 2 aromatic carbocycles. The van der Waals surface area contributed by atoms with Crippen molar-refractivity contribution < 1.29 is 20.4 Å². The zero-order valence-electron chi connectivity index (χ0n) is 18.0. The van der Waals surface area contributed by atoms with Crippen molar-refractivity contribution >= 4 is 0 Å². The van der Waals surface area contributed by atoms with Crippen LogP contribution in [0.3, 0.4) is 0 Å². The number of rotatable bonds is 6. The molecule has 0 bridgehead atoms. The molecule has 166 valence electrons. The first-order valence-corrected chi connectivity index (χ1v) is 10.8. The predicted octanol–water partition coefficient (Wildman–Crippen LogP) is 2.79. The lowest BCUT2D eigenvalue weighted by Crippen LogP contribution is -2.45. The predicted molar refractivity (Wildman–Crippen MR) is 122 cm³/mol. The molecule has 4 rings (SSSR count). The third-order valence-electron chi connectivity index (χ3n) is 6.11. The molecule has 1 aromatic heterocycles. The van der Waals surface area contributed by atoms with Gasteiger partial charge in [-0.25, -0.2) is 4.98 Å². The number of benzene rings is 2. The lowest BCUT2D eigenvalue weighted by atomic mass is 9.68. The highest BCUT2D eigenvalue weighted by Crippen LogP contribution is 2.44. The summed E-state index contributed by atoms with van der Waals surface area (Å²) in [5, 5.41) is 38.8. The van der Waals surface area contributed by atoms with Gasteiger partial charge >= 0.3 is 0 Å². The normalized spacial score (nSPS) is 21.8. The summed E-state index contributed by atoms with van der Waals surface area (Å²) in [4.78, 5) is 4.13. The first kappa shape index (κ1) is 22.3. The number of aromatic nitrogens is 2. The van der Waals surface area contributed by atoms with Crippen LogP contribution in [0.4, 0.5) is 0 Å². The van der Waals surface area contributed by atoms with Crippen LogP contribution in [0.1, 0.15) is 54.8 Å². The molecule has 1 aliphatic rings. The minimum absolute atomic E-state index is 0.176. The Hall–Kier alpha value is -2.95. The summed E-state index contributed by atoms with van der Waals surface area (Å²) in [5.41, 5.74) is 3.27. The van der Waals surface area contributed by atoms with Gasteiger partial charge in [-0.1, -0.05) is 48.2 Å². The topological polar surface area (TPSA) is 98.7 Å². The molecule has 0 amide bonds. The highest BCUT2D eigenvalue weighted by atomic mass is 16.3. The van der Waals surface area contributed by atoms with E-state index in [4.69, 9.17) is 0 Å². The Balaban J connectivity index is 1.44. The molecule has 1 fully saturated rings. The first-order valence-electron chi connectivity index (χ1n) is 10.8. The fourth-order valence-corrected chi connectivity index (χ4v) is 4.20. The van der Waals surface area contributed by atoms with Gasteiger partial charge in [-0.3, -0.25) is 0 Å². The van der Waals surface area contributed by atoms with Gasteiger partial charge in [0, 0.05) is 18.0 Å². The maximum absolute atomic E-state index is 10.0. The van der Waals surface area contributed by atoms with Gasteiger partial charge in [0.25, 0.3) is 0 Å². The highest BCUT2D eigenvalue weighted by molar-refractivity contribution is 5.64. The molecule has 6 heteroatoms. The second-order valence-corrected chi connectivity index (χ2v) is 8.52. The molecule has 1 heterocycles. The van der Waals surface area contributed by atoms with Crippen LogP contribution in [0, 0.1) is 11.8 Å². The molecule has 0 radical (unpaired) electrons. The average Bonchev–Trinajstić information content (AvgIpc) is 3.28. The summed E-state index contributed by atoms with van der Waals surface area (Å²) < 4.78 is 1.69. The zero-order valence-corrected chi connectivity index (χ0v) is 18.0. The lowest BCUT2D eigenvalue weighted by Gasteiger charge is -2.42. The van der Waals surface area contributed by atoms with E-state index in [2.05, 4.69) is 41.1 Å². The lowest BCUT2D eigenvalue weighted by molar-refractivity contribution is -0.0866. The minimum atomic E-state index is -0.912. The van der Waals surface area contributed by atoms with Gasteiger partial charge < -0.3 is 25.0 Å². The van der Waals surface area contributed by atoms with E-state index >= 15 is 0 Å². The molecular formula is C26H28N2O4. The summed E-state index contributed by atoms with van der Waals surface area (Å²) >= 11 is 0. The zero-order chi connectivity index (χ0) is 22.7. The van der Waals surface area contributed by atoms with E-state index in [9.17, 15) is 20.4 Å². The van der Waals surface area contributed by atoms with Crippen molar-refractivity contribution in [1.82, 2.24) is 9.55 Å². The number of aliphatic hydroxyl groups excluding tert-OH is 3. The van der Waals surface area contributed by atoms with E-state index < -0.39 is 17.7 Å². The molecule has 1 aliphatic carbocycles. The van der Waals surface area contributed by atoms with Crippen LogP contribution in [-0.4, -0.2) is 48.8 Å². The van der Waals surface area contributed by atoms with Gasteiger partial charge in [0.2, 0.25) is 0 Å². The molecule has 3 aromatic rings. The molecule has 0 unspecified atom stereocenters. The molecule has 4 N–H and O–H groups in total. The van der Waals surface area contributed by atoms with Gasteiger partial charge in [-0.2, -0.15) is 0 Å². The third-order valence-corrected chi connectivity index (χ3v) is 6.11. The van der Waals surface area contributed by atoms with Gasteiger partial charge in [-0.05, 0) is 54.5 Å². The van der Waals surface area contributed by atoms with Crippen molar-refractivity contribution in [2.45, 2.75) is 43.4 Å². The largest absolute Gasteiger partial charge is 0.393 e. The minimum Gasteiger partial charge on any atom is -0.393 e. The molecule has 6 nitrogen and oxygen atoms in total. The standard InChI is InChI=1S/C26H28N2O4/c1-18(31)25-27-12-13-28(25)24(16-29)11-4-19-2-5-20(6-3-19)21-7-9-22(10-8-21)23-14-26(32,15-23)17-30/h2-3,5-10,12-13,18,23-24,29-32H,14-17H2,1H3/t18-,23?,24-,26?/m0/s1. The van der Waals surface area contributed by atoms with Crippen molar-refractivity contribution in [3.8, 4) is 23.0 Å². The van der Waals surface area contributed by atoms with E-state index in [0.717, 1.165) is 16.7 Å². The number of hydrogen-bond donors (Lipinski definition) is 4. The van der Waals surface area contributed by atoms with Crippen molar-refractivity contribution in [3.63, 3.8) is 0 Å². The summed E-state index contributed by atoms with van der Waals surface area (Å²) in [6, 6.07) is 15.8. The Labute approximate surface area is 187 Å². The van der Waals surface area contributed by atoms with E-state index in [0.29, 0.717) is 24.6 Å². The smallest absolute Gasteiger partial charge is 0.138 e. The second-order valence-electron chi connectivity index (χ2n) is 8.52. The number of imidazole rings is 1. The fraction of sp³-hybridized carbons (Fsp3) is 0.346. The van der Waals surface area contributed by atoms with Gasteiger partial charge in [-0.15, -0.1) is 0 Å². The Morgan fingerprint density at radius 1 is 1.06 bits per heavy atom. The van der Waals surface area contributed by atoms with E-state index in [-0.39, 0.29) is 13.2 Å². The van der Waals surface area contributed by atoms with Crippen molar-refractivity contribution in [1.29, 1.82) is 0 Å². The van der Waals surface area contributed by atoms with Crippen LogP contribution in [0.15, 0.2) is 60.9 Å². The van der Waals surface area contributed by atoms with E-state index in [1.807, 2.05) is 24.3 Å². The van der Waals surface area contributed by atoms with Crippen LogP contribution >= 0.6 is 0 Å². The van der Waals surface area contributed by atoms with Crippen LogP contribution < -0.4 is 0 Å². The molecule has 32 heavy (non-hydrogen) atoms. The fourth-order valence-electron chi connectivity index (χ4n) is 4.20. The van der Waals surface area contributed by atoms with Crippen molar-refractivity contribution in [2.24, 2.45) is 0 Å². The van der Waals surface area contributed by atoms with Crippen LogP contribution in [0.2, 0.25) is 0 Å². The first-order chi connectivity index (χ1) is 15.4. The van der Waals surface area contributed by atoms with Crippen molar-refractivity contribution in [2.75, 3.05) is 13.2 Å². The quantitative estimate of drug-likeness (QED) is 0.449. The van der Waals surface area contributed by atoms with E-state index in [1.165, 1.54) is 5.56 Å². The molecular weight excluding hydrogens is 404 g/mol. The summed E-state index contributed by atoms with van der Waals surface area (Å²) in [6.07, 6.45) is 3.76. The molecule has 0 spiro atoms. The second kappa shape index (κ2) is 9.27. The maximum Gasteiger partial charge on any atom is 0.138 e. The van der Waals surface area contributed by atoms with Crippen LogP contribution in [0.25, 0.3) is 11.1 Å². The SMILES string of the molecule is C[C@H](O)c1nccn1[C@@H](C#Cc1ccc(-c2ccc(C3CC(O)(CO)C3)cc2)cc1)CO. The number of nitrogens with zero attached hydrogens (tertiary/aromatic N) is 2. The Morgan fingerprint density at radius 2 is 1.69 bits per heavy atom. The highest BCUT2D eigenvalue weighted by Gasteiger charge is 2.42. The van der Waals surface area contributed by atoms with E-state index in [1.54, 1.807) is 23.9 Å². The summed E-state index contributed by atoms with van der Waals surface area (Å²) in [7, 11) is 0. The van der Waals surface area contributed by atoms with Crippen molar-refractivity contribution in [3.05, 3.63) is 77.9 Å². The molecule has 0 aliphatic heterocycles. The average molecular weight is 433 g/mol.